The second-order valence-electron chi connectivity index (χ2n) is 6.25. The number of likely N-dealkylation sites (tertiary alicyclic amines) is 1. The number of ether oxygens (including phenoxy) is 1. The van der Waals surface area contributed by atoms with Gasteiger partial charge in [-0.2, -0.15) is 0 Å². The van der Waals surface area contributed by atoms with Crippen molar-refractivity contribution >= 4 is 0 Å². The summed E-state index contributed by atoms with van der Waals surface area (Å²) in [6, 6.07) is 0.419. The Labute approximate surface area is 120 Å². The molecule has 3 heteroatoms. The SMILES string of the molecule is CCNC(COC(C)C)C(C)(CC)N1CCCCC1. The zero-order chi connectivity index (χ0) is 14.3. The molecule has 1 fully saturated rings. The van der Waals surface area contributed by atoms with Crippen LogP contribution in [0.25, 0.3) is 0 Å². The van der Waals surface area contributed by atoms with E-state index in [2.05, 4.69) is 44.8 Å². The third-order valence-corrected chi connectivity index (χ3v) is 4.59. The second-order valence-corrected chi connectivity index (χ2v) is 6.25. The lowest BCUT2D eigenvalue weighted by Gasteiger charge is -2.48. The van der Waals surface area contributed by atoms with Crippen LogP contribution in [0.3, 0.4) is 0 Å². The molecule has 0 aromatic rings. The number of nitrogens with one attached hydrogen (secondary N) is 1. The summed E-state index contributed by atoms with van der Waals surface area (Å²) < 4.78 is 5.91. The lowest BCUT2D eigenvalue weighted by atomic mass is 9.85. The smallest absolute Gasteiger partial charge is 0.0641 e. The number of piperidine rings is 1. The van der Waals surface area contributed by atoms with E-state index in [1.807, 2.05) is 0 Å². The van der Waals surface area contributed by atoms with Crippen molar-refractivity contribution in [2.24, 2.45) is 0 Å². The molecule has 0 aromatic heterocycles. The molecule has 0 bridgehead atoms. The highest BCUT2D eigenvalue weighted by atomic mass is 16.5. The average Bonchev–Trinajstić information content (AvgIpc) is 2.43. The zero-order valence-electron chi connectivity index (χ0n) is 13.7. The Morgan fingerprint density at radius 3 is 2.26 bits per heavy atom. The molecule has 114 valence electrons. The van der Waals surface area contributed by atoms with Crippen LogP contribution in [0.15, 0.2) is 0 Å². The molecule has 0 aromatic carbocycles. The topological polar surface area (TPSA) is 24.5 Å². The van der Waals surface area contributed by atoms with E-state index in [1.54, 1.807) is 0 Å². The van der Waals surface area contributed by atoms with Gasteiger partial charge in [-0.1, -0.05) is 20.3 Å². The fourth-order valence-electron chi connectivity index (χ4n) is 3.09. The van der Waals surface area contributed by atoms with Gasteiger partial charge in [0.05, 0.1) is 12.7 Å². The van der Waals surface area contributed by atoms with Crippen molar-refractivity contribution in [3.8, 4) is 0 Å². The number of rotatable bonds is 8. The van der Waals surface area contributed by atoms with E-state index in [4.69, 9.17) is 4.74 Å². The normalized spacial score (nSPS) is 22.4. The van der Waals surface area contributed by atoms with Crippen molar-refractivity contribution in [3.05, 3.63) is 0 Å². The first-order chi connectivity index (χ1) is 9.04. The molecule has 19 heavy (non-hydrogen) atoms. The Hall–Kier alpha value is -0.120. The quantitative estimate of drug-likeness (QED) is 0.733. The van der Waals surface area contributed by atoms with E-state index < -0.39 is 0 Å². The first kappa shape index (κ1) is 16.9. The van der Waals surface area contributed by atoms with E-state index in [0.29, 0.717) is 12.1 Å². The van der Waals surface area contributed by atoms with Crippen molar-refractivity contribution in [1.29, 1.82) is 0 Å². The van der Waals surface area contributed by atoms with Gasteiger partial charge in [0.2, 0.25) is 0 Å². The maximum Gasteiger partial charge on any atom is 0.0641 e. The van der Waals surface area contributed by atoms with Gasteiger partial charge in [0.15, 0.2) is 0 Å². The molecule has 1 heterocycles. The van der Waals surface area contributed by atoms with Crippen molar-refractivity contribution in [2.75, 3.05) is 26.2 Å². The number of hydrogen-bond acceptors (Lipinski definition) is 3. The monoisotopic (exact) mass is 270 g/mol. The second kappa shape index (κ2) is 8.23. The largest absolute Gasteiger partial charge is 0.377 e. The van der Waals surface area contributed by atoms with Gasteiger partial charge in [-0.3, -0.25) is 4.90 Å². The van der Waals surface area contributed by atoms with Gasteiger partial charge in [0.25, 0.3) is 0 Å². The highest BCUT2D eigenvalue weighted by Crippen LogP contribution is 2.28. The van der Waals surface area contributed by atoms with Crippen LogP contribution in [0, 0.1) is 0 Å². The Bertz CT molecular complexity index is 239. The molecule has 0 amide bonds. The van der Waals surface area contributed by atoms with Crippen LogP contribution in [-0.2, 0) is 4.74 Å². The van der Waals surface area contributed by atoms with Gasteiger partial charge in [-0.15, -0.1) is 0 Å². The lowest BCUT2D eigenvalue weighted by Crippen LogP contribution is -2.62. The van der Waals surface area contributed by atoms with Gasteiger partial charge in [-0.05, 0) is 59.7 Å². The van der Waals surface area contributed by atoms with Crippen LogP contribution in [-0.4, -0.2) is 48.8 Å². The summed E-state index contributed by atoms with van der Waals surface area (Å²) in [7, 11) is 0. The fraction of sp³-hybridized carbons (Fsp3) is 1.00. The van der Waals surface area contributed by atoms with Crippen molar-refractivity contribution in [2.45, 2.75) is 78.0 Å². The molecular weight excluding hydrogens is 236 g/mol. The number of nitrogens with zero attached hydrogens (tertiary/aromatic N) is 1. The predicted molar refractivity (Wildman–Crippen MR) is 82.7 cm³/mol. The van der Waals surface area contributed by atoms with Gasteiger partial charge < -0.3 is 10.1 Å². The molecule has 0 saturated carbocycles. The minimum Gasteiger partial charge on any atom is -0.377 e. The molecule has 1 aliphatic heterocycles. The standard InChI is InChI=1S/C16H34N2O/c1-6-16(5,18-11-9-8-10-12-18)15(17-7-2)13-19-14(3)4/h14-15,17H,6-13H2,1-5H3. The van der Waals surface area contributed by atoms with Crippen LogP contribution in [0.4, 0.5) is 0 Å². The Morgan fingerprint density at radius 1 is 1.16 bits per heavy atom. The van der Waals surface area contributed by atoms with E-state index in [1.165, 1.54) is 38.8 Å². The van der Waals surface area contributed by atoms with Crippen molar-refractivity contribution < 1.29 is 4.74 Å². The molecule has 1 N–H and O–H groups in total. The molecule has 0 radical (unpaired) electrons. The highest BCUT2D eigenvalue weighted by Gasteiger charge is 2.38. The van der Waals surface area contributed by atoms with Crippen LogP contribution >= 0.6 is 0 Å². The summed E-state index contributed by atoms with van der Waals surface area (Å²) in [6.45, 7) is 15.5. The maximum absolute atomic E-state index is 5.91. The van der Waals surface area contributed by atoms with Crippen molar-refractivity contribution in [3.63, 3.8) is 0 Å². The van der Waals surface area contributed by atoms with Crippen LogP contribution in [0.5, 0.6) is 0 Å². The molecule has 1 aliphatic rings. The fourth-order valence-corrected chi connectivity index (χ4v) is 3.09. The maximum atomic E-state index is 5.91. The third kappa shape index (κ3) is 4.73. The third-order valence-electron chi connectivity index (χ3n) is 4.59. The molecule has 3 nitrogen and oxygen atoms in total. The zero-order valence-corrected chi connectivity index (χ0v) is 13.7. The molecular formula is C16H34N2O. The van der Waals surface area contributed by atoms with Gasteiger partial charge in [-0.25, -0.2) is 0 Å². The van der Waals surface area contributed by atoms with Gasteiger partial charge in [0, 0.05) is 11.6 Å². The van der Waals surface area contributed by atoms with Gasteiger partial charge in [0.1, 0.15) is 0 Å². The molecule has 2 atom stereocenters. The number of likely N-dealkylation sites (N-methyl/N-ethyl adjacent to an activating group) is 1. The Balaban J connectivity index is 2.73. The Kier molecular flexibility index (Phi) is 7.33. The van der Waals surface area contributed by atoms with Crippen molar-refractivity contribution in [1.82, 2.24) is 10.2 Å². The summed E-state index contributed by atoms with van der Waals surface area (Å²) in [4.78, 5) is 2.69. The molecule has 1 rings (SSSR count). The lowest BCUT2D eigenvalue weighted by molar-refractivity contribution is -0.0125. The summed E-state index contributed by atoms with van der Waals surface area (Å²) in [6.07, 6.45) is 5.57. The first-order valence-electron chi connectivity index (χ1n) is 8.14. The van der Waals surface area contributed by atoms with E-state index in [9.17, 15) is 0 Å². The van der Waals surface area contributed by atoms with Crippen LogP contribution < -0.4 is 5.32 Å². The molecule has 0 spiro atoms. The molecule has 0 aliphatic carbocycles. The van der Waals surface area contributed by atoms with Crippen LogP contribution in [0.2, 0.25) is 0 Å². The van der Waals surface area contributed by atoms with Gasteiger partial charge >= 0.3 is 0 Å². The minimum absolute atomic E-state index is 0.214. The summed E-state index contributed by atoms with van der Waals surface area (Å²) in [5, 5.41) is 3.66. The number of hydrogen-bond donors (Lipinski definition) is 1. The first-order valence-corrected chi connectivity index (χ1v) is 8.14. The molecule has 2 unspecified atom stereocenters. The average molecular weight is 270 g/mol. The minimum atomic E-state index is 0.214. The van der Waals surface area contributed by atoms with E-state index in [0.717, 1.165) is 13.2 Å². The Morgan fingerprint density at radius 2 is 1.79 bits per heavy atom. The van der Waals surface area contributed by atoms with Crippen LogP contribution in [0.1, 0.15) is 60.3 Å². The molecule has 1 saturated heterocycles. The predicted octanol–water partition coefficient (Wildman–Crippen LogP) is 3.04. The summed E-state index contributed by atoms with van der Waals surface area (Å²) in [5.74, 6) is 0. The van der Waals surface area contributed by atoms with E-state index in [-0.39, 0.29) is 5.54 Å². The summed E-state index contributed by atoms with van der Waals surface area (Å²) in [5.41, 5.74) is 0.214. The highest BCUT2D eigenvalue weighted by molar-refractivity contribution is 4.97. The summed E-state index contributed by atoms with van der Waals surface area (Å²) >= 11 is 0. The van der Waals surface area contributed by atoms with E-state index >= 15 is 0 Å².